The van der Waals surface area contributed by atoms with Crippen LogP contribution in [0, 0.1) is 0 Å². The van der Waals surface area contributed by atoms with E-state index in [4.69, 9.17) is 9.47 Å². The van der Waals surface area contributed by atoms with E-state index in [2.05, 4.69) is 17.1 Å². The molecule has 2 atom stereocenters. The van der Waals surface area contributed by atoms with Crippen LogP contribution in [-0.2, 0) is 14.3 Å². The first-order valence-corrected chi connectivity index (χ1v) is 7.86. The van der Waals surface area contributed by atoms with Crippen molar-refractivity contribution in [2.75, 3.05) is 40.0 Å². The fraction of sp³-hybridized carbons (Fsp3) is 0.933. The topological polar surface area (TPSA) is 50.8 Å². The summed E-state index contributed by atoms with van der Waals surface area (Å²) in [6.45, 7) is 7.88. The second kappa shape index (κ2) is 10.1. The predicted octanol–water partition coefficient (Wildman–Crippen LogP) is 1.42. The van der Waals surface area contributed by atoms with E-state index in [1.165, 1.54) is 12.8 Å². The van der Waals surface area contributed by atoms with Crippen LogP contribution in [0.2, 0.25) is 0 Å². The molecule has 0 radical (unpaired) electrons. The monoisotopic (exact) mass is 286 g/mol. The molecule has 0 aromatic heterocycles. The number of piperidine rings is 1. The third kappa shape index (κ3) is 5.38. The van der Waals surface area contributed by atoms with Crippen LogP contribution < -0.4 is 5.32 Å². The lowest BCUT2D eigenvalue weighted by atomic mass is 9.98. The first-order chi connectivity index (χ1) is 9.74. The summed E-state index contributed by atoms with van der Waals surface area (Å²) in [6.07, 6.45) is 4.38. The summed E-state index contributed by atoms with van der Waals surface area (Å²) in [5.41, 5.74) is 0. The first kappa shape index (κ1) is 17.4. The summed E-state index contributed by atoms with van der Waals surface area (Å²) in [5.74, 6) is -0.0706. The van der Waals surface area contributed by atoms with Gasteiger partial charge in [-0.15, -0.1) is 0 Å². The molecule has 1 N–H and O–H groups in total. The summed E-state index contributed by atoms with van der Waals surface area (Å²) >= 11 is 0. The van der Waals surface area contributed by atoms with E-state index in [-0.39, 0.29) is 12.0 Å². The van der Waals surface area contributed by atoms with E-state index in [0.717, 1.165) is 39.1 Å². The summed E-state index contributed by atoms with van der Waals surface area (Å²) in [5, 5.41) is 3.42. The molecule has 0 saturated carbocycles. The number of nitrogens with zero attached hydrogens (tertiary/aromatic N) is 1. The average Bonchev–Trinajstić information content (AvgIpc) is 2.46. The number of likely N-dealkylation sites (tertiary alicyclic amines) is 1. The van der Waals surface area contributed by atoms with Crippen molar-refractivity contribution in [3.63, 3.8) is 0 Å². The summed E-state index contributed by atoms with van der Waals surface area (Å²) < 4.78 is 10.3. The first-order valence-electron chi connectivity index (χ1n) is 7.86. The molecule has 0 aromatic carbocycles. The van der Waals surface area contributed by atoms with Gasteiger partial charge in [0.25, 0.3) is 0 Å². The minimum atomic E-state index is -0.0931. The van der Waals surface area contributed by atoms with Gasteiger partial charge in [-0.2, -0.15) is 0 Å². The maximum Gasteiger partial charge on any atom is 0.323 e. The quantitative estimate of drug-likeness (QED) is 0.513. The number of carbonyl (C=O) groups is 1. The maximum atomic E-state index is 12.1. The molecular weight excluding hydrogens is 256 g/mol. The molecule has 1 heterocycles. The normalized spacial score (nSPS) is 21.6. The second-order valence-corrected chi connectivity index (χ2v) is 5.26. The van der Waals surface area contributed by atoms with Gasteiger partial charge in [-0.3, -0.25) is 9.69 Å². The van der Waals surface area contributed by atoms with E-state index >= 15 is 0 Å². The highest BCUT2D eigenvalue weighted by molar-refractivity contribution is 5.75. The van der Waals surface area contributed by atoms with Gasteiger partial charge in [-0.1, -0.05) is 13.3 Å². The van der Waals surface area contributed by atoms with Gasteiger partial charge in [-0.25, -0.2) is 0 Å². The van der Waals surface area contributed by atoms with Crippen LogP contribution >= 0.6 is 0 Å². The molecule has 118 valence electrons. The van der Waals surface area contributed by atoms with E-state index in [9.17, 15) is 4.79 Å². The Bertz CT molecular complexity index is 274. The molecule has 1 fully saturated rings. The van der Waals surface area contributed by atoms with Crippen molar-refractivity contribution in [1.82, 2.24) is 10.2 Å². The number of hydrogen-bond acceptors (Lipinski definition) is 5. The molecule has 1 rings (SSSR count). The smallest absolute Gasteiger partial charge is 0.323 e. The van der Waals surface area contributed by atoms with Crippen LogP contribution in [0.4, 0.5) is 0 Å². The van der Waals surface area contributed by atoms with Gasteiger partial charge in [-0.05, 0) is 32.7 Å². The number of nitrogens with one attached hydrogen (secondary N) is 1. The zero-order valence-electron chi connectivity index (χ0n) is 13.2. The molecule has 20 heavy (non-hydrogen) atoms. The molecule has 1 aliphatic heterocycles. The van der Waals surface area contributed by atoms with Crippen LogP contribution in [-0.4, -0.2) is 62.9 Å². The van der Waals surface area contributed by atoms with Gasteiger partial charge in [0.05, 0.1) is 13.2 Å². The molecule has 0 bridgehead atoms. The van der Waals surface area contributed by atoms with Crippen molar-refractivity contribution < 1.29 is 14.3 Å². The predicted molar refractivity (Wildman–Crippen MR) is 79.8 cm³/mol. The minimum Gasteiger partial charge on any atom is -0.465 e. The number of carbonyl (C=O) groups excluding carboxylic acids is 1. The Morgan fingerprint density at radius 1 is 1.40 bits per heavy atom. The molecule has 0 spiro atoms. The van der Waals surface area contributed by atoms with Crippen molar-refractivity contribution >= 4 is 5.97 Å². The van der Waals surface area contributed by atoms with Crippen LogP contribution in [0.15, 0.2) is 0 Å². The lowest BCUT2D eigenvalue weighted by molar-refractivity contribution is -0.151. The third-order valence-electron chi connectivity index (χ3n) is 3.88. The Hall–Kier alpha value is -0.650. The maximum absolute atomic E-state index is 12.1. The number of rotatable bonds is 9. The van der Waals surface area contributed by atoms with Crippen LogP contribution in [0.3, 0.4) is 0 Å². The zero-order valence-corrected chi connectivity index (χ0v) is 13.2. The molecule has 0 aliphatic carbocycles. The molecule has 1 aliphatic rings. The van der Waals surface area contributed by atoms with Gasteiger partial charge in [0.1, 0.15) is 6.04 Å². The fourth-order valence-corrected chi connectivity index (χ4v) is 2.87. The fourth-order valence-electron chi connectivity index (χ4n) is 2.87. The highest BCUT2D eigenvalue weighted by Crippen LogP contribution is 2.21. The summed E-state index contributed by atoms with van der Waals surface area (Å²) in [6, 6.07) is 0.333. The van der Waals surface area contributed by atoms with Gasteiger partial charge in [0, 0.05) is 26.2 Å². The van der Waals surface area contributed by atoms with Crippen molar-refractivity contribution in [1.29, 1.82) is 0 Å². The highest BCUT2D eigenvalue weighted by Gasteiger charge is 2.32. The SMILES string of the molecule is CCOC(=O)C(CC)N1CCCCC1CNCCOC. The van der Waals surface area contributed by atoms with Gasteiger partial charge < -0.3 is 14.8 Å². The van der Waals surface area contributed by atoms with E-state index in [1.807, 2.05) is 6.92 Å². The Labute approximate surface area is 123 Å². The van der Waals surface area contributed by atoms with Crippen molar-refractivity contribution in [2.24, 2.45) is 0 Å². The van der Waals surface area contributed by atoms with E-state index in [0.29, 0.717) is 12.6 Å². The Morgan fingerprint density at radius 2 is 2.20 bits per heavy atom. The van der Waals surface area contributed by atoms with Crippen molar-refractivity contribution in [3.05, 3.63) is 0 Å². The van der Waals surface area contributed by atoms with Gasteiger partial charge in [0.2, 0.25) is 0 Å². The molecule has 5 heteroatoms. The lowest BCUT2D eigenvalue weighted by Gasteiger charge is -2.40. The van der Waals surface area contributed by atoms with Crippen LogP contribution in [0.1, 0.15) is 39.5 Å². The molecule has 5 nitrogen and oxygen atoms in total. The number of methoxy groups -OCH3 is 1. The second-order valence-electron chi connectivity index (χ2n) is 5.26. The minimum absolute atomic E-state index is 0.0706. The zero-order chi connectivity index (χ0) is 14.8. The van der Waals surface area contributed by atoms with E-state index < -0.39 is 0 Å². The van der Waals surface area contributed by atoms with E-state index in [1.54, 1.807) is 7.11 Å². The summed E-state index contributed by atoms with van der Waals surface area (Å²) in [4.78, 5) is 14.4. The standard InChI is InChI=1S/C15H30N2O3/c1-4-14(15(18)20-5-2)17-10-7-6-8-13(17)12-16-9-11-19-3/h13-14,16H,4-12H2,1-3H3. The third-order valence-corrected chi connectivity index (χ3v) is 3.88. The molecule has 2 unspecified atom stereocenters. The highest BCUT2D eigenvalue weighted by atomic mass is 16.5. The van der Waals surface area contributed by atoms with Gasteiger partial charge >= 0.3 is 5.97 Å². The Morgan fingerprint density at radius 3 is 2.85 bits per heavy atom. The Balaban J connectivity index is 2.54. The molecular formula is C15H30N2O3. The molecule has 0 amide bonds. The number of hydrogen-bond donors (Lipinski definition) is 1. The van der Waals surface area contributed by atoms with Crippen LogP contribution in [0.25, 0.3) is 0 Å². The average molecular weight is 286 g/mol. The summed E-state index contributed by atoms with van der Waals surface area (Å²) in [7, 11) is 1.71. The largest absolute Gasteiger partial charge is 0.465 e. The number of esters is 1. The van der Waals surface area contributed by atoms with Crippen LogP contribution in [0.5, 0.6) is 0 Å². The lowest BCUT2D eigenvalue weighted by Crippen LogP contribution is -2.53. The number of ether oxygens (including phenoxy) is 2. The van der Waals surface area contributed by atoms with Crippen molar-refractivity contribution in [3.8, 4) is 0 Å². The molecule has 1 saturated heterocycles. The Kier molecular flexibility index (Phi) is 8.82. The van der Waals surface area contributed by atoms with Crippen molar-refractivity contribution in [2.45, 2.75) is 51.6 Å². The van der Waals surface area contributed by atoms with Gasteiger partial charge in [0.15, 0.2) is 0 Å². The molecule has 0 aromatic rings.